The molecule has 2 aromatic heterocycles. The van der Waals surface area contributed by atoms with Crippen molar-refractivity contribution in [1.82, 2.24) is 15.1 Å². The third-order valence-corrected chi connectivity index (χ3v) is 3.52. The summed E-state index contributed by atoms with van der Waals surface area (Å²) >= 11 is 3.56. The Morgan fingerprint density at radius 1 is 1.59 bits per heavy atom. The van der Waals surface area contributed by atoms with Crippen molar-refractivity contribution >= 4 is 15.9 Å². The Morgan fingerprint density at radius 2 is 2.35 bits per heavy atom. The highest BCUT2D eigenvalue weighted by molar-refractivity contribution is 9.10. The number of nitrogens with zero attached hydrogens (tertiary/aromatic N) is 2. The molecule has 1 atom stereocenters. The fraction of sp³-hybridized carbons (Fsp3) is 0.417. The molecule has 2 rings (SSSR count). The Kier molecular flexibility index (Phi) is 3.69. The van der Waals surface area contributed by atoms with E-state index in [2.05, 4.69) is 33.3 Å². The fourth-order valence-electron chi connectivity index (χ4n) is 2.04. The minimum atomic E-state index is 0.0885. The van der Waals surface area contributed by atoms with E-state index in [1.54, 1.807) is 6.26 Å². The number of nitrogens with one attached hydrogen (secondary N) is 1. The molecule has 0 fully saturated rings. The second-order valence-electron chi connectivity index (χ2n) is 3.85. The number of aromatic nitrogens is 2. The van der Waals surface area contributed by atoms with Crippen LogP contribution in [-0.2, 0) is 6.54 Å². The first-order valence-corrected chi connectivity index (χ1v) is 6.40. The maximum atomic E-state index is 5.37. The molecule has 1 N–H and O–H groups in total. The number of halogens is 1. The lowest BCUT2D eigenvalue weighted by Crippen LogP contribution is -2.22. The van der Waals surface area contributed by atoms with Gasteiger partial charge in [-0.05, 0) is 42.9 Å². The summed E-state index contributed by atoms with van der Waals surface area (Å²) < 4.78 is 8.37. The minimum Gasteiger partial charge on any atom is -0.469 e. The van der Waals surface area contributed by atoms with Crippen molar-refractivity contribution < 1.29 is 4.42 Å². The van der Waals surface area contributed by atoms with E-state index < -0.39 is 0 Å². The van der Waals surface area contributed by atoms with Crippen LogP contribution in [0.3, 0.4) is 0 Å². The first-order chi connectivity index (χ1) is 8.19. The van der Waals surface area contributed by atoms with Gasteiger partial charge in [0.1, 0.15) is 5.76 Å². The predicted octanol–water partition coefficient (Wildman–Crippen LogP) is 2.88. The molecule has 0 aliphatic heterocycles. The second kappa shape index (κ2) is 5.06. The van der Waals surface area contributed by atoms with Crippen molar-refractivity contribution in [2.45, 2.75) is 26.4 Å². The van der Waals surface area contributed by atoms with Crippen LogP contribution in [0, 0.1) is 6.92 Å². The Morgan fingerprint density at radius 3 is 2.88 bits per heavy atom. The zero-order valence-corrected chi connectivity index (χ0v) is 11.8. The third kappa shape index (κ3) is 2.17. The predicted molar refractivity (Wildman–Crippen MR) is 69.9 cm³/mol. The average Bonchev–Trinajstić information content (AvgIpc) is 2.89. The average molecular weight is 298 g/mol. The maximum absolute atomic E-state index is 5.37. The zero-order chi connectivity index (χ0) is 12.4. The third-order valence-electron chi connectivity index (χ3n) is 2.90. The molecule has 1 unspecified atom stereocenters. The lowest BCUT2D eigenvalue weighted by atomic mass is 10.0. The van der Waals surface area contributed by atoms with Crippen LogP contribution in [0.15, 0.2) is 27.4 Å². The first kappa shape index (κ1) is 12.4. The van der Waals surface area contributed by atoms with E-state index in [0.717, 1.165) is 28.0 Å². The molecule has 0 bridgehead atoms. The molecule has 4 nitrogen and oxygen atoms in total. The largest absolute Gasteiger partial charge is 0.469 e. The van der Waals surface area contributed by atoms with Crippen LogP contribution in [0.4, 0.5) is 0 Å². The highest BCUT2D eigenvalue weighted by atomic mass is 79.9. The monoisotopic (exact) mass is 297 g/mol. The van der Waals surface area contributed by atoms with E-state index in [1.807, 2.05) is 30.9 Å². The van der Waals surface area contributed by atoms with Crippen LogP contribution >= 0.6 is 15.9 Å². The van der Waals surface area contributed by atoms with Gasteiger partial charge in [-0.15, -0.1) is 0 Å². The first-order valence-electron chi connectivity index (χ1n) is 5.61. The van der Waals surface area contributed by atoms with Gasteiger partial charge >= 0.3 is 0 Å². The number of aryl methyl sites for hydroxylation is 2. The molecule has 0 aromatic carbocycles. The lowest BCUT2D eigenvalue weighted by Gasteiger charge is -2.17. The number of furan rings is 1. The van der Waals surface area contributed by atoms with Crippen molar-refractivity contribution in [1.29, 1.82) is 0 Å². The molecular weight excluding hydrogens is 282 g/mol. The standard InChI is InChI=1S/C12H16BrN3O/c1-4-16-12(10(13)7-15-16)11(14-3)9-5-6-17-8(9)2/h5-7,11,14H,4H2,1-3H3. The van der Waals surface area contributed by atoms with Gasteiger partial charge in [-0.3, -0.25) is 4.68 Å². The van der Waals surface area contributed by atoms with Crippen LogP contribution < -0.4 is 5.32 Å². The highest BCUT2D eigenvalue weighted by Gasteiger charge is 2.22. The quantitative estimate of drug-likeness (QED) is 0.944. The zero-order valence-electron chi connectivity index (χ0n) is 10.2. The number of hydrogen-bond acceptors (Lipinski definition) is 3. The van der Waals surface area contributed by atoms with E-state index in [-0.39, 0.29) is 6.04 Å². The molecule has 0 aliphatic carbocycles. The SMILES string of the molecule is CCn1ncc(Br)c1C(NC)c1ccoc1C. The van der Waals surface area contributed by atoms with E-state index >= 15 is 0 Å². The normalized spacial score (nSPS) is 12.9. The summed E-state index contributed by atoms with van der Waals surface area (Å²) in [5.74, 6) is 0.931. The fourth-order valence-corrected chi connectivity index (χ4v) is 2.57. The van der Waals surface area contributed by atoms with Crippen molar-refractivity contribution in [2.24, 2.45) is 0 Å². The molecule has 0 aliphatic rings. The van der Waals surface area contributed by atoms with Gasteiger partial charge in [0.25, 0.3) is 0 Å². The van der Waals surface area contributed by atoms with Crippen LogP contribution in [0.1, 0.15) is 30.0 Å². The lowest BCUT2D eigenvalue weighted by molar-refractivity contribution is 0.513. The molecule has 17 heavy (non-hydrogen) atoms. The van der Waals surface area contributed by atoms with Gasteiger partial charge in [0.05, 0.1) is 28.7 Å². The second-order valence-corrected chi connectivity index (χ2v) is 4.70. The van der Waals surface area contributed by atoms with E-state index in [4.69, 9.17) is 4.42 Å². The molecule has 0 saturated carbocycles. The van der Waals surface area contributed by atoms with Crippen LogP contribution in [-0.4, -0.2) is 16.8 Å². The summed E-state index contributed by atoms with van der Waals surface area (Å²) in [7, 11) is 1.94. The van der Waals surface area contributed by atoms with Crippen molar-refractivity contribution in [2.75, 3.05) is 7.05 Å². The van der Waals surface area contributed by atoms with Gasteiger partial charge in [0.15, 0.2) is 0 Å². The molecular formula is C12H16BrN3O. The minimum absolute atomic E-state index is 0.0885. The van der Waals surface area contributed by atoms with Gasteiger partial charge in [0.2, 0.25) is 0 Å². The summed E-state index contributed by atoms with van der Waals surface area (Å²) in [5, 5.41) is 7.65. The Bertz CT molecular complexity index is 504. The van der Waals surface area contributed by atoms with E-state index in [9.17, 15) is 0 Å². The molecule has 0 spiro atoms. The Hall–Kier alpha value is -1.07. The molecule has 0 saturated heterocycles. The van der Waals surface area contributed by atoms with Gasteiger partial charge in [-0.1, -0.05) is 0 Å². The molecule has 0 amide bonds. The Balaban J connectivity index is 2.49. The van der Waals surface area contributed by atoms with Crippen molar-refractivity contribution in [3.63, 3.8) is 0 Å². The summed E-state index contributed by atoms with van der Waals surface area (Å²) in [6.07, 6.45) is 3.55. The molecule has 2 heterocycles. The van der Waals surface area contributed by atoms with Crippen LogP contribution in [0.2, 0.25) is 0 Å². The topological polar surface area (TPSA) is 43.0 Å². The molecule has 0 radical (unpaired) electrons. The number of hydrogen-bond donors (Lipinski definition) is 1. The maximum Gasteiger partial charge on any atom is 0.105 e. The number of rotatable bonds is 4. The van der Waals surface area contributed by atoms with Gasteiger partial charge in [-0.2, -0.15) is 5.10 Å². The molecule has 2 aromatic rings. The highest BCUT2D eigenvalue weighted by Crippen LogP contribution is 2.30. The van der Waals surface area contributed by atoms with Gasteiger partial charge in [0, 0.05) is 12.1 Å². The van der Waals surface area contributed by atoms with E-state index in [0.29, 0.717) is 0 Å². The molecule has 92 valence electrons. The Labute approximate surface area is 109 Å². The van der Waals surface area contributed by atoms with Crippen molar-refractivity contribution in [3.05, 3.63) is 40.0 Å². The van der Waals surface area contributed by atoms with Crippen molar-refractivity contribution in [3.8, 4) is 0 Å². The summed E-state index contributed by atoms with van der Waals surface area (Å²) in [6.45, 7) is 4.90. The van der Waals surface area contributed by atoms with E-state index in [1.165, 1.54) is 0 Å². The summed E-state index contributed by atoms with van der Waals surface area (Å²) in [6, 6.07) is 2.08. The molecule has 5 heteroatoms. The van der Waals surface area contributed by atoms with Gasteiger partial charge < -0.3 is 9.73 Å². The van der Waals surface area contributed by atoms with Crippen LogP contribution in [0.5, 0.6) is 0 Å². The van der Waals surface area contributed by atoms with Gasteiger partial charge in [-0.25, -0.2) is 0 Å². The summed E-state index contributed by atoms with van der Waals surface area (Å²) in [5.41, 5.74) is 2.27. The smallest absolute Gasteiger partial charge is 0.105 e. The van der Waals surface area contributed by atoms with Crippen LogP contribution in [0.25, 0.3) is 0 Å². The summed E-state index contributed by atoms with van der Waals surface area (Å²) in [4.78, 5) is 0.